The van der Waals surface area contributed by atoms with Gasteiger partial charge in [-0.3, -0.25) is 9.89 Å². The summed E-state index contributed by atoms with van der Waals surface area (Å²) in [5.74, 6) is 1.14. The monoisotopic (exact) mass is 493 g/mol. The number of aromatic amines is 1. The number of halogens is 1. The van der Waals surface area contributed by atoms with Gasteiger partial charge in [0.1, 0.15) is 5.75 Å². The number of methoxy groups -OCH3 is 1. The normalized spacial score (nSPS) is 18.8. The Morgan fingerprint density at radius 1 is 1.21 bits per heavy atom. The van der Waals surface area contributed by atoms with Gasteiger partial charge < -0.3 is 20.3 Å². The van der Waals surface area contributed by atoms with E-state index in [1.807, 2.05) is 13.8 Å². The molecule has 4 rings (SSSR count). The molecular weight excluding hydrogens is 462 g/mol. The summed E-state index contributed by atoms with van der Waals surface area (Å²) in [5.41, 5.74) is 1.47. The van der Waals surface area contributed by atoms with Gasteiger partial charge in [-0.05, 0) is 64.0 Å². The highest BCUT2D eigenvalue weighted by Crippen LogP contribution is 2.60. The molecule has 0 atom stereocenters. The van der Waals surface area contributed by atoms with Crippen LogP contribution >= 0.6 is 21.6 Å². The zero-order valence-electron chi connectivity index (χ0n) is 20.0. The SMILES string of the molecule is COc1ccc(Cl)c(NC(=O)N2Cc3c(NC(=O)C4(S(C)(C)C)CCC4)n[nH]c3C2(C)C)c1. The zero-order valence-corrected chi connectivity index (χ0v) is 21.5. The lowest BCUT2D eigenvalue weighted by Crippen LogP contribution is -2.51. The smallest absolute Gasteiger partial charge is 0.322 e. The number of carbonyl (C=O) groups is 2. The second kappa shape index (κ2) is 8.13. The molecule has 1 aliphatic carbocycles. The van der Waals surface area contributed by atoms with Crippen molar-refractivity contribution in [1.29, 1.82) is 0 Å². The highest BCUT2D eigenvalue weighted by Gasteiger charge is 2.51. The number of nitrogens with one attached hydrogen (secondary N) is 3. The molecule has 1 fully saturated rings. The van der Waals surface area contributed by atoms with Crippen molar-refractivity contribution < 1.29 is 14.3 Å². The predicted molar refractivity (Wildman–Crippen MR) is 135 cm³/mol. The largest absolute Gasteiger partial charge is 0.497 e. The Labute approximate surface area is 201 Å². The van der Waals surface area contributed by atoms with E-state index in [1.165, 1.54) is 0 Å². The Morgan fingerprint density at radius 2 is 1.91 bits per heavy atom. The van der Waals surface area contributed by atoms with E-state index in [1.54, 1.807) is 30.2 Å². The number of benzene rings is 1. The fourth-order valence-electron chi connectivity index (χ4n) is 4.69. The molecule has 0 unspecified atom stereocenters. The molecule has 1 aromatic heterocycles. The van der Waals surface area contributed by atoms with Crippen LogP contribution in [-0.2, 0) is 16.9 Å². The molecule has 0 radical (unpaired) electrons. The Balaban J connectivity index is 1.55. The number of ether oxygens (including phenoxy) is 1. The number of rotatable bonds is 5. The molecule has 180 valence electrons. The molecule has 0 spiro atoms. The van der Waals surface area contributed by atoms with Gasteiger partial charge in [-0.1, -0.05) is 11.6 Å². The van der Waals surface area contributed by atoms with Crippen LogP contribution in [0.4, 0.5) is 16.3 Å². The maximum Gasteiger partial charge on any atom is 0.322 e. The third kappa shape index (κ3) is 3.85. The first-order valence-electron chi connectivity index (χ1n) is 10.9. The van der Waals surface area contributed by atoms with Crippen molar-refractivity contribution in [2.45, 2.75) is 49.9 Å². The van der Waals surface area contributed by atoms with E-state index in [-0.39, 0.29) is 16.7 Å². The Bertz CT molecular complexity index is 1100. The van der Waals surface area contributed by atoms with Crippen LogP contribution in [0.3, 0.4) is 0 Å². The van der Waals surface area contributed by atoms with Gasteiger partial charge in [0.15, 0.2) is 5.82 Å². The van der Waals surface area contributed by atoms with Gasteiger partial charge in [-0.25, -0.2) is 14.8 Å². The molecule has 2 aliphatic rings. The summed E-state index contributed by atoms with van der Waals surface area (Å²) in [7, 11) is 0.475. The molecule has 1 aromatic carbocycles. The standard InChI is InChI=1S/C23H32ClN5O3S/c1-22(2)18-15(13-29(22)21(31)25-17-12-14(32-3)8-9-16(17)24)19(28-27-18)26-20(30)23(10-7-11-23)33(4,5)6/h8-9,12H,7,10-11,13H2,1-6H3,(H,25,31)(H2,26,27,28,30). The summed E-state index contributed by atoms with van der Waals surface area (Å²) < 4.78 is 4.93. The highest BCUT2D eigenvalue weighted by atomic mass is 35.5. The predicted octanol–water partition coefficient (Wildman–Crippen LogP) is 4.91. The zero-order chi connectivity index (χ0) is 24.2. The van der Waals surface area contributed by atoms with Crippen molar-refractivity contribution in [2.24, 2.45) is 0 Å². The van der Waals surface area contributed by atoms with Crippen LogP contribution in [0.2, 0.25) is 5.02 Å². The van der Waals surface area contributed by atoms with Gasteiger partial charge in [-0.2, -0.15) is 5.10 Å². The van der Waals surface area contributed by atoms with Gasteiger partial charge in [0.05, 0.1) is 40.3 Å². The molecule has 1 aliphatic heterocycles. The van der Waals surface area contributed by atoms with Crippen LogP contribution in [0, 0.1) is 0 Å². The number of amides is 3. The van der Waals surface area contributed by atoms with Gasteiger partial charge >= 0.3 is 6.03 Å². The number of anilines is 2. The third-order valence-corrected chi connectivity index (χ3v) is 10.4. The average Bonchev–Trinajstić information content (AvgIpc) is 3.19. The Morgan fingerprint density at radius 3 is 2.48 bits per heavy atom. The summed E-state index contributed by atoms with van der Waals surface area (Å²) in [5, 5.41) is 13.9. The van der Waals surface area contributed by atoms with E-state index in [9.17, 15) is 9.59 Å². The topological polar surface area (TPSA) is 99.3 Å². The quantitative estimate of drug-likeness (QED) is 0.551. The van der Waals surface area contributed by atoms with E-state index in [0.717, 1.165) is 30.5 Å². The molecule has 3 N–H and O–H groups in total. The van der Waals surface area contributed by atoms with Crippen molar-refractivity contribution in [3.8, 4) is 5.75 Å². The lowest BCUT2D eigenvalue weighted by Gasteiger charge is -2.53. The number of H-pyrrole nitrogens is 1. The molecule has 8 nitrogen and oxygen atoms in total. The van der Waals surface area contributed by atoms with Crippen molar-refractivity contribution in [1.82, 2.24) is 15.1 Å². The van der Waals surface area contributed by atoms with Crippen LogP contribution in [0.5, 0.6) is 5.75 Å². The van der Waals surface area contributed by atoms with Crippen LogP contribution in [0.15, 0.2) is 18.2 Å². The van der Waals surface area contributed by atoms with Gasteiger partial charge in [0.2, 0.25) is 5.91 Å². The van der Waals surface area contributed by atoms with Crippen molar-refractivity contribution in [3.05, 3.63) is 34.5 Å². The van der Waals surface area contributed by atoms with E-state index in [2.05, 4.69) is 39.6 Å². The van der Waals surface area contributed by atoms with Crippen LogP contribution < -0.4 is 15.4 Å². The minimum atomic E-state index is -1.08. The summed E-state index contributed by atoms with van der Waals surface area (Å²) in [6, 6.07) is 4.80. The lowest BCUT2D eigenvalue weighted by atomic mass is 9.83. The minimum Gasteiger partial charge on any atom is -0.497 e. The second-order valence-corrected chi connectivity index (χ2v) is 14.8. The molecule has 1 saturated carbocycles. The van der Waals surface area contributed by atoms with E-state index in [4.69, 9.17) is 16.3 Å². The number of fused-ring (bicyclic) bond motifs is 1. The minimum absolute atomic E-state index is 0.0365. The van der Waals surface area contributed by atoms with Crippen molar-refractivity contribution in [2.75, 3.05) is 36.5 Å². The van der Waals surface area contributed by atoms with E-state index in [0.29, 0.717) is 28.8 Å². The fraction of sp³-hybridized carbons (Fsp3) is 0.522. The van der Waals surface area contributed by atoms with Gasteiger partial charge in [-0.15, -0.1) is 0 Å². The first-order valence-corrected chi connectivity index (χ1v) is 14.1. The van der Waals surface area contributed by atoms with Crippen molar-refractivity contribution in [3.63, 3.8) is 0 Å². The molecule has 2 heterocycles. The first kappa shape index (κ1) is 23.8. The van der Waals surface area contributed by atoms with Crippen LogP contribution in [0.1, 0.15) is 44.4 Å². The lowest BCUT2D eigenvalue weighted by molar-refractivity contribution is -0.120. The number of nitrogens with zero attached hydrogens (tertiary/aromatic N) is 2. The fourth-order valence-corrected chi connectivity index (χ4v) is 6.98. The summed E-state index contributed by atoms with van der Waals surface area (Å²) in [6.45, 7) is 4.21. The number of carbonyl (C=O) groups excluding carboxylic acids is 2. The Kier molecular flexibility index (Phi) is 5.85. The Hall–Kier alpha value is -2.39. The van der Waals surface area contributed by atoms with Gasteiger partial charge in [0.25, 0.3) is 0 Å². The highest BCUT2D eigenvalue weighted by molar-refractivity contribution is 8.33. The summed E-state index contributed by atoms with van der Waals surface area (Å²) in [4.78, 5) is 28.2. The molecule has 0 saturated heterocycles. The number of hydrogen-bond acceptors (Lipinski definition) is 4. The molecule has 2 aromatic rings. The average molecular weight is 494 g/mol. The van der Waals surface area contributed by atoms with Crippen molar-refractivity contribution >= 4 is 45.1 Å². The number of aromatic nitrogens is 2. The molecule has 0 bridgehead atoms. The van der Waals surface area contributed by atoms with Crippen LogP contribution in [0.25, 0.3) is 0 Å². The first-order chi connectivity index (χ1) is 15.4. The van der Waals surface area contributed by atoms with E-state index < -0.39 is 15.6 Å². The number of hydrogen-bond donors (Lipinski definition) is 3. The summed E-state index contributed by atoms with van der Waals surface area (Å²) in [6.07, 6.45) is 9.47. The van der Waals surface area contributed by atoms with Crippen LogP contribution in [-0.4, -0.2) is 57.7 Å². The van der Waals surface area contributed by atoms with E-state index >= 15 is 0 Å². The second-order valence-electron chi connectivity index (χ2n) is 9.99. The number of urea groups is 1. The third-order valence-electron chi connectivity index (χ3n) is 7.11. The maximum atomic E-state index is 13.3. The maximum absolute atomic E-state index is 13.3. The summed E-state index contributed by atoms with van der Waals surface area (Å²) >= 11 is 6.27. The van der Waals surface area contributed by atoms with Gasteiger partial charge in [0, 0.05) is 11.6 Å². The molecule has 10 heteroatoms. The molecular formula is C23H32ClN5O3S. The molecule has 33 heavy (non-hydrogen) atoms. The molecule has 3 amide bonds.